The third-order valence-electron chi connectivity index (χ3n) is 4.04. The summed E-state index contributed by atoms with van der Waals surface area (Å²) >= 11 is 0. The van der Waals surface area contributed by atoms with Crippen molar-refractivity contribution in [3.05, 3.63) is 48.4 Å². The van der Waals surface area contributed by atoms with E-state index < -0.39 is 0 Å². The lowest BCUT2D eigenvalue weighted by Gasteiger charge is -2.18. The quantitative estimate of drug-likeness (QED) is 0.623. The number of nitrogens with one attached hydrogen (secondary N) is 3. The number of hydrogen-bond donors (Lipinski definition) is 3. The van der Waals surface area contributed by atoms with E-state index in [1.54, 1.807) is 43.7 Å². The molecular weight excluding hydrogens is 334 g/mol. The number of amides is 2. The van der Waals surface area contributed by atoms with Gasteiger partial charge in [0.1, 0.15) is 11.5 Å². The first-order valence-corrected chi connectivity index (χ1v) is 8.62. The first-order chi connectivity index (χ1) is 12.5. The Hall–Kier alpha value is -2.80. The maximum absolute atomic E-state index is 12.2. The van der Waals surface area contributed by atoms with Crippen molar-refractivity contribution in [2.45, 2.75) is 19.9 Å². The second kappa shape index (κ2) is 9.62. The molecule has 0 aliphatic rings. The fraction of sp³-hybridized carbons (Fsp3) is 0.368. The number of furan rings is 1. The Labute approximate surface area is 153 Å². The molecule has 1 aromatic heterocycles. The fourth-order valence-corrected chi connectivity index (χ4v) is 2.55. The second-order valence-electron chi connectivity index (χ2n) is 6.04. The summed E-state index contributed by atoms with van der Waals surface area (Å²) in [6.45, 7) is 4.90. The van der Waals surface area contributed by atoms with Gasteiger partial charge in [0, 0.05) is 5.69 Å². The molecule has 0 bridgehead atoms. The molecule has 0 saturated carbocycles. The minimum atomic E-state index is -0.205. The summed E-state index contributed by atoms with van der Waals surface area (Å²) < 4.78 is 10.4. The van der Waals surface area contributed by atoms with Crippen molar-refractivity contribution in [1.82, 2.24) is 5.32 Å². The van der Waals surface area contributed by atoms with Gasteiger partial charge >= 0.3 is 0 Å². The van der Waals surface area contributed by atoms with E-state index in [9.17, 15) is 9.59 Å². The van der Waals surface area contributed by atoms with Gasteiger partial charge in [0.2, 0.25) is 0 Å². The summed E-state index contributed by atoms with van der Waals surface area (Å²) in [5.41, 5.74) is 0.696. The Balaban J connectivity index is 1.81. The molecular formula is C19H26N3O4+. The Bertz CT molecular complexity index is 698. The highest BCUT2D eigenvalue weighted by Crippen LogP contribution is 2.14. The summed E-state index contributed by atoms with van der Waals surface area (Å²) in [4.78, 5) is 25.3. The van der Waals surface area contributed by atoms with Crippen LogP contribution < -0.4 is 20.3 Å². The number of likely N-dealkylation sites (N-methyl/N-ethyl adjacent to an activating group) is 1. The van der Waals surface area contributed by atoms with Gasteiger partial charge in [-0.1, -0.05) is 0 Å². The molecule has 7 nitrogen and oxygen atoms in total. The molecule has 140 valence electrons. The fourth-order valence-electron chi connectivity index (χ4n) is 2.55. The van der Waals surface area contributed by atoms with Crippen LogP contribution in [0.4, 0.5) is 5.69 Å². The third kappa shape index (κ3) is 5.93. The predicted octanol–water partition coefficient (Wildman–Crippen LogP) is 1.01. The minimum absolute atomic E-state index is 0.122. The number of anilines is 1. The molecule has 1 heterocycles. The van der Waals surface area contributed by atoms with Gasteiger partial charge in [-0.3, -0.25) is 9.59 Å². The highest BCUT2D eigenvalue weighted by molar-refractivity contribution is 5.91. The van der Waals surface area contributed by atoms with Gasteiger partial charge in [-0.05, 0) is 50.2 Å². The van der Waals surface area contributed by atoms with Gasteiger partial charge in [0.15, 0.2) is 13.1 Å². The number of methoxy groups -OCH3 is 1. The van der Waals surface area contributed by atoms with Crippen LogP contribution in [-0.2, 0) is 9.59 Å². The van der Waals surface area contributed by atoms with Crippen molar-refractivity contribution in [2.24, 2.45) is 0 Å². The molecule has 2 aromatic rings. The van der Waals surface area contributed by atoms with Crippen molar-refractivity contribution in [1.29, 1.82) is 0 Å². The van der Waals surface area contributed by atoms with E-state index in [1.165, 1.54) is 0 Å². The molecule has 2 atom stereocenters. The van der Waals surface area contributed by atoms with E-state index >= 15 is 0 Å². The molecule has 0 spiro atoms. The van der Waals surface area contributed by atoms with Gasteiger partial charge in [-0.25, -0.2) is 0 Å². The molecule has 7 heteroatoms. The molecule has 1 unspecified atom stereocenters. The van der Waals surface area contributed by atoms with Crippen LogP contribution in [0.5, 0.6) is 5.75 Å². The molecule has 3 N–H and O–H groups in total. The molecule has 0 aliphatic carbocycles. The van der Waals surface area contributed by atoms with Crippen LogP contribution in [0, 0.1) is 0 Å². The zero-order valence-corrected chi connectivity index (χ0v) is 15.4. The summed E-state index contributed by atoms with van der Waals surface area (Å²) in [5, 5.41) is 5.72. The summed E-state index contributed by atoms with van der Waals surface area (Å²) in [5.74, 6) is 1.17. The maximum atomic E-state index is 12.2. The maximum Gasteiger partial charge on any atom is 0.279 e. The van der Waals surface area contributed by atoms with E-state index in [1.807, 2.05) is 19.9 Å². The first-order valence-electron chi connectivity index (χ1n) is 8.62. The van der Waals surface area contributed by atoms with Crippen molar-refractivity contribution in [2.75, 3.05) is 32.1 Å². The molecule has 1 aromatic carbocycles. The number of benzene rings is 1. The summed E-state index contributed by atoms with van der Waals surface area (Å²) in [7, 11) is 1.59. The zero-order valence-electron chi connectivity index (χ0n) is 15.4. The predicted molar refractivity (Wildman–Crippen MR) is 98.1 cm³/mol. The monoisotopic (exact) mass is 360 g/mol. The number of quaternary nitrogens is 1. The Kier molecular flexibility index (Phi) is 7.23. The molecule has 0 saturated heterocycles. The van der Waals surface area contributed by atoms with E-state index in [4.69, 9.17) is 9.15 Å². The van der Waals surface area contributed by atoms with Crippen LogP contribution in [0.1, 0.15) is 25.6 Å². The van der Waals surface area contributed by atoms with Gasteiger partial charge in [0.05, 0.1) is 26.0 Å². The lowest BCUT2D eigenvalue weighted by atomic mass is 10.2. The highest BCUT2D eigenvalue weighted by Gasteiger charge is 2.19. The van der Waals surface area contributed by atoms with Crippen LogP contribution in [-0.4, -0.2) is 38.6 Å². The lowest BCUT2D eigenvalue weighted by molar-refractivity contribution is -0.881. The van der Waals surface area contributed by atoms with Gasteiger partial charge in [-0.2, -0.15) is 0 Å². The van der Waals surface area contributed by atoms with Crippen LogP contribution in [0.25, 0.3) is 0 Å². The van der Waals surface area contributed by atoms with Crippen molar-refractivity contribution in [3.8, 4) is 5.75 Å². The third-order valence-corrected chi connectivity index (χ3v) is 4.04. The molecule has 2 amide bonds. The Morgan fingerprint density at radius 3 is 2.42 bits per heavy atom. The normalized spacial score (nSPS) is 12.9. The highest BCUT2D eigenvalue weighted by atomic mass is 16.5. The average Bonchev–Trinajstić information content (AvgIpc) is 3.16. The smallest absolute Gasteiger partial charge is 0.279 e. The van der Waals surface area contributed by atoms with Gasteiger partial charge in [0.25, 0.3) is 11.8 Å². The standard InChI is InChI=1S/C19H25N3O4/c1-4-22(12-18(23)20-14(2)17-6-5-11-26-17)13-19(24)21-15-7-9-16(25-3)10-8-15/h5-11,14H,4,12-13H2,1-3H3,(H,20,23)(H,21,24)/p+1/t14-/m0/s1. The molecule has 26 heavy (non-hydrogen) atoms. The largest absolute Gasteiger partial charge is 0.497 e. The molecule has 2 rings (SSSR count). The van der Waals surface area contributed by atoms with Crippen molar-refractivity contribution < 1.29 is 23.6 Å². The number of rotatable bonds is 9. The molecule has 0 radical (unpaired) electrons. The second-order valence-corrected chi connectivity index (χ2v) is 6.04. The van der Waals surface area contributed by atoms with Crippen LogP contribution in [0.2, 0.25) is 0 Å². The van der Waals surface area contributed by atoms with Crippen molar-refractivity contribution in [3.63, 3.8) is 0 Å². The van der Waals surface area contributed by atoms with Crippen molar-refractivity contribution >= 4 is 17.5 Å². The number of hydrogen-bond acceptors (Lipinski definition) is 4. The van der Waals surface area contributed by atoms with Crippen LogP contribution in [0.3, 0.4) is 0 Å². The average molecular weight is 360 g/mol. The zero-order chi connectivity index (χ0) is 18.9. The van der Waals surface area contributed by atoms with Crippen LogP contribution >= 0.6 is 0 Å². The van der Waals surface area contributed by atoms with E-state index in [-0.39, 0.29) is 30.9 Å². The van der Waals surface area contributed by atoms with Gasteiger partial charge < -0.3 is 24.7 Å². The van der Waals surface area contributed by atoms with E-state index in [0.29, 0.717) is 18.0 Å². The SMILES string of the molecule is CC[NH+](CC(=O)Nc1ccc(OC)cc1)CC(=O)N[C@@H](C)c1ccco1. The number of carbonyl (C=O) groups excluding carboxylic acids is 2. The number of ether oxygens (including phenoxy) is 1. The molecule has 0 fully saturated rings. The first kappa shape index (κ1) is 19.5. The topological polar surface area (TPSA) is 85.0 Å². The number of carbonyl (C=O) groups is 2. The van der Waals surface area contributed by atoms with Gasteiger partial charge in [-0.15, -0.1) is 0 Å². The summed E-state index contributed by atoms with van der Waals surface area (Å²) in [6, 6.07) is 10.5. The van der Waals surface area contributed by atoms with E-state index in [0.717, 1.165) is 10.6 Å². The lowest BCUT2D eigenvalue weighted by Crippen LogP contribution is -3.14. The Morgan fingerprint density at radius 1 is 1.15 bits per heavy atom. The Morgan fingerprint density at radius 2 is 1.85 bits per heavy atom. The molecule has 0 aliphatic heterocycles. The van der Waals surface area contributed by atoms with Crippen LogP contribution in [0.15, 0.2) is 47.1 Å². The van der Waals surface area contributed by atoms with E-state index in [2.05, 4.69) is 10.6 Å². The minimum Gasteiger partial charge on any atom is -0.497 e. The summed E-state index contributed by atoms with van der Waals surface area (Å²) in [6.07, 6.45) is 1.57.